The fraction of sp³-hybridized carbons (Fsp3) is 0.417. The molecule has 0 aliphatic carbocycles. The molecule has 0 fully saturated rings. The van der Waals surface area contributed by atoms with E-state index in [4.69, 9.17) is 5.11 Å². The molecule has 0 bridgehead atoms. The van der Waals surface area contributed by atoms with E-state index in [9.17, 15) is 13.2 Å². The van der Waals surface area contributed by atoms with Gasteiger partial charge in [0.15, 0.2) is 0 Å². The summed E-state index contributed by atoms with van der Waals surface area (Å²) < 4.78 is 37.1. The summed E-state index contributed by atoms with van der Waals surface area (Å²) in [5.41, 5.74) is 1.50. The molecule has 1 heterocycles. The van der Waals surface area contributed by atoms with E-state index >= 15 is 0 Å². The molecule has 2 aromatic rings. The van der Waals surface area contributed by atoms with Gasteiger partial charge < -0.3 is 10.1 Å². The number of H-pyrrole nitrogens is 1. The lowest BCUT2D eigenvalue weighted by molar-refractivity contribution is -0.148. The largest absolute Gasteiger partial charge is 0.401 e. The van der Waals surface area contributed by atoms with Crippen LogP contribution >= 0.6 is 0 Å². The number of alkyl halides is 3. The Morgan fingerprint density at radius 3 is 2.63 bits per heavy atom. The molecule has 0 atom stereocenters. The van der Waals surface area contributed by atoms with Crippen molar-refractivity contribution < 1.29 is 18.3 Å². The number of nitrogens with zero attached hydrogens (tertiary/aromatic N) is 2. The lowest BCUT2D eigenvalue weighted by Gasteiger charge is -2.21. The van der Waals surface area contributed by atoms with E-state index in [0.29, 0.717) is 11.3 Å². The van der Waals surface area contributed by atoms with Crippen LogP contribution in [-0.4, -0.2) is 45.8 Å². The number of aromatic nitrogens is 2. The van der Waals surface area contributed by atoms with Crippen molar-refractivity contribution in [1.29, 1.82) is 0 Å². The van der Waals surface area contributed by atoms with Crippen LogP contribution in [0.4, 0.5) is 13.2 Å². The number of halogens is 3. The highest BCUT2D eigenvalue weighted by Gasteiger charge is 2.30. The molecule has 0 unspecified atom stereocenters. The fourth-order valence-corrected chi connectivity index (χ4v) is 1.90. The summed E-state index contributed by atoms with van der Waals surface area (Å²) in [6.07, 6.45) is -4.29. The maximum Gasteiger partial charge on any atom is 0.401 e. The highest BCUT2D eigenvalue weighted by Crippen LogP contribution is 2.18. The van der Waals surface area contributed by atoms with Crippen molar-refractivity contribution in [2.24, 2.45) is 0 Å². The Morgan fingerprint density at radius 1 is 1.26 bits per heavy atom. The van der Waals surface area contributed by atoms with Crippen LogP contribution < -0.4 is 0 Å². The lowest BCUT2D eigenvalue weighted by Crippen LogP contribution is -2.36. The molecule has 0 aliphatic rings. The first-order valence-electron chi connectivity index (χ1n) is 5.81. The number of aliphatic hydroxyl groups is 1. The third kappa shape index (κ3) is 3.93. The summed E-state index contributed by atoms with van der Waals surface area (Å²) in [5.74, 6) is 0.457. The number of benzene rings is 1. The average Bonchev–Trinajstić information content (AvgIpc) is 2.69. The van der Waals surface area contributed by atoms with E-state index in [2.05, 4.69) is 9.97 Å². The SMILES string of the molecule is OCCN(Cc1nc2ccccc2[nH]1)CC(F)(F)F. The van der Waals surface area contributed by atoms with Crippen LogP contribution in [0.1, 0.15) is 5.82 Å². The highest BCUT2D eigenvalue weighted by atomic mass is 19.4. The van der Waals surface area contributed by atoms with Crippen molar-refractivity contribution in [3.05, 3.63) is 30.1 Å². The van der Waals surface area contributed by atoms with E-state index in [0.717, 1.165) is 10.4 Å². The summed E-state index contributed by atoms with van der Waals surface area (Å²) >= 11 is 0. The van der Waals surface area contributed by atoms with Gasteiger partial charge in [0.05, 0.1) is 30.7 Å². The van der Waals surface area contributed by atoms with Crippen LogP contribution in [0, 0.1) is 0 Å². The maximum absolute atomic E-state index is 12.4. The molecule has 0 saturated heterocycles. The fourth-order valence-electron chi connectivity index (χ4n) is 1.90. The zero-order chi connectivity index (χ0) is 13.9. The summed E-state index contributed by atoms with van der Waals surface area (Å²) in [5, 5.41) is 8.81. The molecule has 2 N–H and O–H groups in total. The van der Waals surface area contributed by atoms with Crippen LogP contribution in [0.3, 0.4) is 0 Å². The zero-order valence-corrected chi connectivity index (χ0v) is 10.1. The first-order valence-corrected chi connectivity index (χ1v) is 5.81. The number of rotatable bonds is 5. The molecular weight excluding hydrogens is 259 g/mol. The van der Waals surface area contributed by atoms with E-state index in [1.54, 1.807) is 6.07 Å². The summed E-state index contributed by atoms with van der Waals surface area (Å²) in [7, 11) is 0. The van der Waals surface area contributed by atoms with Gasteiger partial charge in [0.1, 0.15) is 5.82 Å². The molecule has 104 valence electrons. The molecule has 0 amide bonds. The topological polar surface area (TPSA) is 52.1 Å². The molecule has 0 aliphatic heterocycles. The average molecular weight is 273 g/mol. The molecule has 2 rings (SSSR count). The molecule has 19 heavy (non-hydrogen) atoms. The Labute approximate surface area is 107 Å². The first-order chi connectivity index (χ1) is 8.98. The van der Waals surface area contributed by atoms with E-state index < -0.39 is 12.7 Å². The maximum atomic E-state index is 12.4. The Kier molecular flexibility index (Phi) is 4.06. The van der Waals surface area contributed by atoms with Crippen molar-refractivity contribution >= 4 is 11.0 Å². The lowest BCUT2D eigenvalue weighted by atomic mass is 10.3. The molecule has 0 saturated carbocycles. The molecule has 0 spiro atoms. The summed E-state index contributed by atoms with van der Waals surface area (Å²) in [6, 6.07) is 7.24. The van der Waals surface area contributed by atoms with Gasteiger partial charge in [-0.15, -0.1) is 0 Å². The van der Waals surface area contributed by atoms with Crippen molar-refractivity contribution in [3.63, 3.8) is 0 Å². The highest BCUT2D eigenvalue weighted by molar-refractivity contribution is 5.74. The van der Waals surface area contributed by atoms with Gasteiger partial charge in [0.25, 0.3) is 0 Å². The minimum atomic E-state index is -4.29. The molecule has 1 aromatic carbocycles. The van der Waals surface area contributed by atoms with Gasteiger partial charge in [-0.25, -0.2) is 4.98 Å². The zero-order valence-electron chi connectivity index (χ0n) is 10.1. The van der Waals surface area contributed by atoms with Crippen molar-refractivity contribution in [3.8, 4) is 0 Å². The van der Waals surface area contributed by atoms with Crippen LogP contribution in [0.5, 0.6) is 0 Å². The smallest absolute Gasteiger partial charge is 0.395 e. The number of aliphatic hydroxyl groups excluding tert-OH is 1. The van der Waals surface area contributed by atoms with Gasteiger partial charge in [0, 0.05) is 6.54 Å². The standard InChI is InChI=1S/C12H14F3N3O/c13-12(14,15)8-18(5-6-19)7-11-16-9-3-1-2-4-10(9)17-11/h1-4,19H,5-8H2,(H,16,17). The van der Waals surface area contributed by atoms with Crippen molar-refractivity contribution in [2.45, 2.75) is 12.7 Å². The number of imidazole rings is 1. The van der Waals surface area contributed by atoms with Crippen LogP contribution in [0.15, 0.2) is 24.3 Å². The normalized spacial score (nSPS) is 12.5. The third-order valence-corrected chi connectivity index (χ3v) is 2.63. The number of nitrogens with one attached hydrogen (secondary N) is 1. The van der Waals surface area contributed by atoms with Gasteiger partial charge in [-0.05, 0) is 12.1 Å². The Morgan fingerprint density at radius 2 is 2.00 bits per heavy atom. The molecule has 4 nitrogen and oxygen atoms in total. The molecular formula is C12H14F3N3O. The predicted molar refractivity (Wildman–Crippen MR) is 64.5 cm³/mol. The second-order valence-corrected chi connectivity index (χ2v) is 4.25. The van der Waals surface area contributed by atoms with E-state index in [1.807, 2.05) is 18.2 Å². The second kappa shape index (κ2) is 5.58. The molecule has 0 radical (unpaired) electrons. The Balaban J connectivity index is 2.11. The summed E-state index contributed by atoms with van der Waals surface area (Å²) in [6.45, 7) is -1.41. The van der Waals surface area contributed by atoms with Crippen LogP contribution in [-0.2, 0) is 6.54 Å². The Hall–Kier alpha value is -1.60. The summed E-state index contributed by atoms with van der Waals surface area (Å²) in [4.78, 5) is 8.30. The quantitative estimate of drug-likeness (QED) is 0.875. The van der Waals surface area contributed by atoms with Gasteiger partial charge in [-0.2, -0.15) is 13.2 Å². The Bertz CT molecular complexity index is 505. The van der Waals surface area contributed by atoms with E-state index in [-0.39, 0.29) is 19.7 Å². The first kappa shape index (κ1) is 13.8. The number of para-hydroxylation sites is 2. The van der Waals surface area contributed by atoms with Gasteiger partial charge in [-0.1, -0.05) is 12.1 Å². The molecule has 7 heteroatoms. The third-order valence-electron chi connectivity index (χ3n) is 2.63. The van der Waals surface area contributed by atoms with Crippen molar-refractivity contribution in [2.75, 3.05) is 19.7 Å². The monoisotopic (exact) mass is 273 g/mol. The minimum absolute atomic E-state index is 0.0226. The van der Waals surface area contributed by atoms with Crippen LogP contribution in [0.25, 0.3) is 11.0 Å². The number of aromatic amines is 1. The minimum Gasteiger partial charge on any atom is -0.395 e. The number of hydrogen-bond acceptors (Lipinski definition) is 3. The number of fused-ring (bicyclic) bond motifs is 1. The van der Waals surface area contributed by atoms with Gasteiger partial charge in [0.2, 0.25) is 0 Å². The van der Waals surface area contributed by atoms with Gasteiger partial charge in [-0.3, -0.25) is 4.90 Å². The second-order valence-electron chi connectivity index (χ2n) is 4.25. The van der Waals surface area contributed by atoms with Gasteiger partial charge >= 0.3 is 6.18 Å². The van der Waals surface area contributed by atoms with Crippen LogP contribution in [0.2, 0.25) is 0 Å². The van der Waals surface area contributed by atoms with E-state index in [1.165, 1.54) is 0 Å². The number of hydrogen-bond donors (Lipinski definition) is 2. The molecule has 1 aromatic heterocycles. The predicted octanol–water partition coefficient (Wildman–Crippen LogP) is 1.92. The van der Waals surface area contributed by atoms with Crippen molar-refractivity contribution in [1.82, 2.24) is 14.9 Å².